The number of hydrogen-bond acceptors (Lipinski definition) is 5. The standard InChI is InChI=1S/C17H34N4OS/c1-13(2)10-22-17(7,18)11-16(5,6)8-15-9-21(20-19-15)12-23-14(3)4/h9,13-14H,8,10-12,18H2,1-7H3. The highest BCUT2D eigenvalue weighted by molar-refractivity contribution is 7.98. The molecule has 0 saturated carbocycles. The Balaban J connectivity index is 2.56. The summed E-state index contributed by atoms with van der Waals surface area (Å²) in [5, 5.41) is 9.11. The molecule has 6 heteroatoms. The van der Waals surface area contributed by atoms with Crippen LogP contribution in [0.1, 0.15) is 60.6 Å². The maximum Gasteiger partial charge on any atom is 0.114 e. The Bertz CT molecular complexity index is 469. The van der Waals surface area contributed by atoms with Gasteiger partial charge in [0.2, 0.25) is 0 Å². The number of rotatable bonds is 10. The van der Waals surface area contributed by atoms with Crippen molar-refractivity contribution in [1.29, 1.82) is 0 Å². The second-order valence-corrected chi connectivity index (χ2v) is 9.66. The number of nitrogens with zero attached hydrogens (tertiary/aromatic N) is 3. The molecular formula is C17H34N4OS. The molecule has 1 atom stereocenters. The molecule has 1 rings (SSSR count). The van der Waals surface area contributed by atoms with Gasteiger partial charge in [-0.25, -0.2) is 4.68 Å². The largest absolute Gasteiger partial charge is 0.361 e. The van der Waals surface area contributed by atoms with E-state index in [0.29, 0.717) is 17.8 Å². The lowest BCUT2D eigenvalue weighted by Crippen LogP contribution is -2.44. The van der Waals surface area contributed by atoms with Crippen molar-refractivity contribution in [2.24, 2.45) is 17.1 Å². The normalized spacial score (nSPS) is 15.4. The summed E-state index contributed by atoms with van der Waals surface area (Å²) >= 11 is 1.86. The van der Waals surface area contributed by atoms with Gasteiger partial charge < -0.3 is 10.5 Å². The maximum atomic E-state index is 6.32. The summed E-state index contributed by atoms with van der Waals surface area (Å²) in [7, 11) is 0. The van der Waals surface area contributed by atoms with E-state index < -0.39 is 5.72 Å². The van der Waals surface area contributed by atoms with Gasteiger partial charge in [0.25, 0.3) is 0 Å². The number of aromatic nitrogens is 3. The van der Waals surface area contributed by atoms with Gasteiger partial charge in [0.15, 0.2) is 0 Å². The molecule has 0 aromatic carbocycles. The average molecular weight is 343 g/mol. The van der Waals surface area contributed by atoms with Crippen LogP contribution in [0.15, 0.2) is 6.20 Å². The summed E-state index contributed by atoms with van der Waals surface area (Å²) in [6, 6.07) is 0. The van der Waals surface area contributed by atoms with E-state index in [1.165, 1.54) is 0 Å². The van der Waals surface area contributed by atoms with Gasteiger partial charge in [0.05, 0.1) is 18.2 Å². The highest BCUT2D eigenvalue weighted by atomic mass is 32.2. The van der Waals surface area contributed by atoms with Crippen LogP contribution in [0.25, 0.3) is 0 Å². The minimum absolute atomic E-state index is 0.00648. The Kier molecular flexibility index (Phi) is 7.55. The Morgan fingerprint density at radius 3 is 2.48 bits per heavy atom. The summed E-state index contributed by atoms with van der Waals surface area (Å²) in [6.45, 7) is 15.7. The van der Waals surface area contributed by atoms with Crippen LogP contribution < -0.4 is 5.73 Å². The minimum Gasteiger partial charge on any atom is -0.361 e. The van der Waals surface area contributed by atoms with E-state index >= 15 is 0 Å². The van der Waals surface area contributed by atoms with Crippen molar-refractivity contribution >= 4 is 11.8 Å². The summed E-state index contributed by atoms with van der Waals surface area (Å²) in [6.07, 6.45) is 3.66. The van der Waals surface area contributed by atoms with E-state index in [1.54, 1.807) is 0 Å². The fraction of sp³-hybridized carbons (Fsp3) is 0.882. The van der Waals surface area contributed by atoms with Crippen LogP contribution in [-0.2, 0) is 17.0 Å². The molecule has 0 aliphatic heterocycles. The fourth-order valence-corrected chi connectivity index (χ4v) is 3.20. The summed E-state index contributed by atoms with van der Waals surface area (Å²) < 4.78 is 7.78. The third kappa shape index (κ3) is 8.72. The van der Waals surface area contributed by atoms with E-state index in [1.807, 2.05) is 29.6 Å². The van der Waals surface area contributed by atoms with Crippen LogP contribution in [0.3, 0.4) is 0 Å². The molecule has 0 amide bonds. The number of ether oxygens (including phenoxy) is 1. The first-order valence-electron chi connectivity index (χ1n) is 8.42. The SMILES string of the molecule is CC(C)COC(C)(N)CC(C)(C)Cc1cn(CSC(C)C)nn1. The van der Waals surface area contributed by atoms with Gasteiger partial charge in [-0.05, 0) is 31.1 Å². The van der Waals surface area contributed by atoms with Gasteiger partial charge in [-0.15, -0.1) is 16.9 Å². The van der Waals surface area contributed by atoms with E-state index in [0.717, 1.165) is 24.4 Å². The molecule has 23 heavy (non-hydrogen) atoms. The Morgan fingerprint density at radius 2 is 1.91 bits per heavy atom. The molecule has 0 fully saturated rings. The lowest BCUT2D eigenvalue weighted by molar-refractivity contribution is -0.0653. The second-order valence-electron chi connectivity index (χ2n) is 8.13. The van der Waals surface area contributed by atoms with Gasteiger partial charge in [0.1, 0.15) is 5.72 Å². The Morgan fingerprint density at radius 1 is 1.26 bits per heavy atom. The van der Waals surface area contributed by atoms with Crippen LogP contribution in [0.5, 0.6) is 0 Å². The van der Waals surface area contributed by atoms with Crippen molar-refractivity contribution in [3.63, 3.8) is 0 Å². The first-order valence-corrected chi connectivity index (χ1v) is 9.47. The molecule has 0 aliphatic carbocycles. The molecule has 0 radical (unpaired) electrons. The summed E-state index contributed by atoms with van der Waals surface area (Å²) in [5.74, 6) is 1.33. The monoisotopic (exact) mass is 342 g/mol. The zero-order valence-corrected chi connectivity index (χ0v) is 16.6. The highest BCUT2D eigenvalue weighted by Gasteiger charge is 2.31. The third-order valence-electron chi connectivity index (χ3n) is 3.36. The van der Waals surface area contributed by atoms with Gasteiger partial charge in [-0.2, -0.15) is 0 Å². The molecule has 1 heterocycles. The van der Waals surface area contributed by atoms with Crippen LogP contribution in [0.2, 0.25) is 0 Å². The number of hydrogen-bond donors (Lipinski definition) is 1. The maximum absolute atomic E-state index is 6.32. The first kappa shape index (κ1) is 20.5. The van der Waals surface area contributed by atoms with Gasteiger partial charge in [-0.3, -0.25) is 0 Å². The van der Waals surface area contributed by atoms with E-state index in [2.05, 4.69) is 51.9 Å². The predicted molar refractivity (Wildman–Crippen MR) is 98.2 cm³/mol. The minimum atomic E-state index is -0.614. The molecule has 5 nitrogen and oxygen atoms in total. The molecule has 2 N–H and O–H groups in total. The average Bonchev–Trinajstić information content (AvgIpc) is 2.79. The number of thioether (sulfide) groups is 1. The smallest absolute Gasteiger partial charge is 0.114 e. The molecule has 1 aromatic heterocycles. The quantitative estimate of drug-likeness (QED) is 0.657. The lowest BCUT2D eigenvalue weighted by Gasteiger charge is -2.34. The molecule has 1 aromatic rings. The Labute approximate surface area is 145 Å². The third-order valence-corrected chi connectivity index (χ3v) is 4.44. The van der Waals surface area contributed by atoms with Gasteiger partial charge in [0, 0.05) is 11.4 Å². The van der Waals surface area contributed by atoms with Gasteiger partial charge in [-0.1, -0.05) is 46.8 Å². The molecule has 0 bridgehead atoms. The van der Waals surface area contributed by atoms with Crippen molar-refractivity contribution in [2.75, 3.05) is 6.61 Å². The van der Waals surface area contributed by atoms with Crippen molar-refractivity contribution < 1.29 is 4.74 Å². The van der Waals surface area contributed by atoms with Crippen molar-refractivity contribution in [3.8, 4) is 0 Å². The van der Waals surface area contributed by atoms with Crippen molar-refractivity contribution in [1.82, 2.24) is 15.0 Å². The highest BCUT2D eigenvalue weighted by Crippen LogP contribution is 2.31. The number of nitrogens with two attached hydrogens (primary N) is 1. The van der Waals surface area contributed by atoms with E-state index in [4.69, 9.17) is 10.5 Å². The van der Waals surface area contributed by atoms with Crippen molar-refractivity contribution in [2.45, 2.75) is 78.2 Å². The predicted octanol–water partition coefficient (Wildman–Crippen LogP) is 3.68. The Hall–Kier alpha value is -0.590. The summed E-state index contributed by atoms with van der Waals surface area (Å²) in [4.78, 5) is 0. The zero-order chi connectivity index (χ0) is 17.7. The van der Waals surface area contributed by atoms with Gasteiger partial charge >= 0.3 is 0 Å². The molecule has 0 spiro atoms. The van der Waals surface area contributed by atoms with E-state index in [-0.39, 0.29) is 5.41 Å². The second kappa shape index (κ2) is 8.49. The summed E-state index contributed by atoms with van der Waals surface area (Å²) in [5.41, 5.74) is 6.73. The van der Waals surface area contributed by atoms with Crippen LogP contribution >= 0.6 is 11.8 Å². The van der Waals surface area contributed by atoms with Crippen LogP contribution in [0, 0.1) is 11.3 Å². The molecule has 0 aliphatic rings. The van der Waals surface area contributed by atoms with Crippen molar-refractivity contribution in [3.05, 3.63) is 11.9 Å². The zero-order valence-electron chi connectivity index (χ0n) is 15.8. The molecule has 134 valence electrons. The van der Waals surface area contributed by atoms with E-state index in [9.17, 15) is 0 Å². The molecule has 1 unspecified atom stereocenters. The first-order chi connectivity index (χ1) is 10.5. The molecule has 0 saturated heterocycles. The molecular weight excluding hydrogens is 308 g/mol. The van der Waals surface area contributed by atoms with Crippen LogP contribution in [-0.4, -0.2) is 32.6 Å². The lowest BCUT2D eigenvalue weighted by atomic mass is 9.81. The fourth-order valence-electron chi connectivity index (χ4n) is 2.62. The topological polar surface area (TPSA) is 66.0 Å². The van der Waals surface area contributed by atoms with Crippen LogP contribution in [0.4, 0.5) is 0 Å².